The van der Waals surface area contributed by atoms with Crippen LogP contribution in [0.25, 0.3) is 16.6 Å². The first-order chi connectivity index (χ1) is 17.8. The number of para-hydroxylation sites is 1. The highest BCUT2D eigenvalue weighted by molar-refractivity contribution is 7.92. The molecule has 0 spiro atoms. The van der Waals surface area contributed by atoms with Crippen molar-refractivity contribution < 1.29 is 17.9 Å². The molecule has 1 N–H and O–H groups in total. The van der Waals surface area contributed by atoms with Gasteiger partial charge in [0.25, 0.3) is 15.6 Å². The minimum atomic E-state index is -4.04. The van der Waals surface area contributed by atoms with Gasteiger partial charge in [0.05, 0.1) is 40.9 Å². The molecule has 0 saturated heterocycles. The van der Waals surface area contributed by atoms with Gasteiger partial charge in [-0.15, -0.1) is 0 Å². The van der Waals surface area contributed by atoms with Gasteiger partial charge in [-0.2, -0.15) is 0 Å². The maximum absolute atomic E-state index is 14.0. The summed E-state index contributed by atoms with van der Waals surface area (Å²) in [5, 5.41) is 0.328. The van der Waals surface area contributed by atoms with Gasteiger partial charge in [0, 0.05) is 12.6 Å². The minimum Gasteiger partial charge on any atom is -0.493 e. The average molecular weight is 522 g/mol. The van der Waals surface area contributed by atoms with E-state index in [0.29, 0.717) is 47.5 Å². The van der Waals surface area contributed by atoms with Crippen molar-refractivity contribution >= 4 is 26.6 Å². The number of nitrogens with one attached hydrogen (secondary N) is 1. The van der Waals surface area contributed by atoms with Crippen molar-refractivity contribution in [3.05, 3.63) is 87.1 Å². The molecule has 0 bridgehead atoms. The highest BCUT2D eigenvalue weighted by atomic mass is 32.2. The number of hydrogen-bond donors (Lipinski definition) is 1. The fourth-order valence-corrected chi connectivity index (χ4v) is 6.27. The number of aromatic nitrogens is 2. The lowest BCUT2D eigenvalue weighted by atomic mass is 10.1. The quantitative estimate of drug-likeness (QED) is 0.415. The lowest BCUT2D eigenvalue weighted by Crippen LogP contribution is -2.34. The molecule has 0 atom stereocenters. The van der Waals surface area contributed by atoms with Crippen LogP contribution in [-0.2, 0) is 16.4 Å². The number of rotatable bonds is 6. The molecule has 0 saturated carbocycles. The van der Waals surface area contributed by atoms with Crippen LogP contribution in [0.3, 0.4) is 0 Å². The van der Waals surface area contributed by atoms with E-state index in [1.165, 1.54) is 22.5 Å². The van der Waals surface area contributed by atoms with Crippen molar-refractivity contribution in [2.24, 2.45) is 0 Å². The fourth-order valence-electron chi connectivity index (χ4n) is 4.70. The Bertz CT molecular complexity index is 1710. The second-order valence-electron chi connectivity index (χ2n) is 8.71. The van der Waals surface area contributed by atoms with Crippen molar-refractivity contribution in [1.82, 2.24) is 9.55 Å². The van der Waals surface area contributed by atoms with Crippen LogP contribution in [0, 0.1) is 0 Å². The van der Waals surface area contributed by atoms with Gasteiger partial charge in [-0.25, -0.2) is 17.8 Å². The summed E-state index contributed by atoms with van der Waals surface area (Å²) >= 11 is 0. The van der Waals surface area contributed by atoms with E-state index in [1.807, 2.05) is 13.0 Å². The van der Waals surface area contributed by atoms with Crippen LogP contribution in [0.15, 0.2) is 75.1 Å². The zero-order chi connectivity index (χ0) is 26.2. The largest absolute Gasteiger partial charge is 0.493 e. The van der Waals surface area contributed by atoms with Crippen LogP contribution >= 0.6 is 0 Å². The summed E-state index contributed by atoms with van der Waals surface area (Å²) in [6.45, 7) is 2.54. The molecule has 37 heavy (non-hydrogen) atoms. The zero-order valence-electron chi connectivity index (χ0n) is 20.6. The van der Waals surface area contributed by atoms with Crippen LogP contribution in [0.5, 0.6) is 11.5 Å². The summed E-state index contributed by atoms with van der Waals surface area (Å²) < 4.78 is 41.5. The van der Waals surface area contributed by atoms with E-state index in [1.54, 1.807) is 43.5 Å². The van der Waals surface area contributed by atoms with E-state index < -0.39 is 21.3 Å². The molecule has 1 aliphatic rings. The smallest absolute Gasteiger partial charge is 0.333 e. The van der Waals surface area contributed by atoms with Crippen LogP contribution in [-0.4, -0.2) is 38.2 Å². The maximum atomic E-state index is 14.0. The highest BCUT2D eigenvalue weighted by Gasteiger charge is 2.30. The molecule has 192 valence electrons. The number of hydrogen-bond acceptors (Lipinski definition) is 6. The Morgan fingerprint density at radius 1 is 0.973 bits per heavy atom. The number of benzene rings is 3. The monoisotopic (exact) mass is 521 g/mol. The molecule has 0 fully saturated rings. The number of sulfonamides is 1. The number of nitrogens with zero attached hydrogens (tertiary/aromatic N) is 2. The van der Waals surface area contributed by atoms with E-state index in [9.17, 15) is 18.0 Å². The van der Waals surface area contributed by atoms with E-state index >= 15 is 0 Å². The molecule has 4 aromatic rings. The molecule has 0 radical (unpaired) electrons. The number of methoxy groups -OCH3 is 1. The van der Waals surface area contributed by atoms with Gasteiger partial charge in [0.15, 0.2) is 11.5 Å². The number of aromatic amines is 1. The molecule has 0 unspecified atom stereocenters. The number of fused-ring (bicyclic) bond motifs is 2. The van der Waals surface area contributed by atoms with Gasteiger partial charge >= 0.3 is 5.69 Å². The molecule has 5 rings (SSSR count). The third-order valence-corrected chi connectivity index (χ3v) is 8.27. The van der Waals surface area contributed by atoms with Crippen molar-refractivity contribution in [2.45, 2.75) is 31.1 Å². The van der Waals surface area contributed by atoms with Crippen LogP contribution in [0.4, 0.5) is 5.69 Å². The van der Waals surface area contributed by atoms with Crippen molar-refractivity contribution in [2.75, 3.05) is 24.6 Å². The van der Waals surface area contributed by atoms with Gasteiger partial charge in [0.2, 0.25) is 0 Å². The van der Waals surface area contributed by atoms with Crippen molar-refractivity contribution in [3.8, 4) is 17.2 Å². The normalized spacial score (nSPS) is 13.7. The lowest BCUT2D eigenvalue weighted by molar-refractivity contribution is 0.311. The number of anilines is 1. The Labute approximate surface area is 213 Å². The maximum Gasteiger partial charge on any atom is 0.333 e. The number of aryl methyl sites for hydroxylation is 1. The molecule has 0 aliphatic carbocycles. The van der Waals surface area contributed by atoms with Crippen LogP contribution in [0.1, 0.15) is 25.3 Å². The minimum absolute atomic E-state index is 0.0221. The molecular formula is C27H27N3O6S. The van der Waals surface area contributed by atoms with Gasteiger partial charge in [-0.1, -0.05) is 18.2 Å². The molecule has 2 heterocycles. The molecular weight excluding hydrogens is 494 g/mol. The van der Waals surface area contributed by atoms with E-state index in [0.717, 1.165) is 16.6 Å². The Kier molecular flexibility index (Phi) is 6.51. The first kappa shape index (κ1) is 24.6. The van der Waals surface area contributed by atoms with Crippen molar-refractivity contribution in [1.29, 1.82) is 0 Å². The molecule has 0 amide bonds. The van der Waals surface area contributed by atoms with Gasteiger partial charge in [0.1, 0.15) is 0 Å². The first-order valence-corrected chi connectivity index (χ1v) is 13.5. The van der Waals surface area contributed by atoms with Crippen LogP contribution in [0.2, 0.25) is 0 Å². The highest BCUT2D eigenvalue weighted by Crippen LogP contribution is 2.39. The third kappa shape index (κ3) is 4.37. The molecule has 9 nitrogen and oxygen atoms in total. The second-order valence-corrected chi connectivity index (χ2v) is 10.6. The molecule has 1 aromatic heterocycles. The predicted octanol–water partition coefficient (Wildman–Crippen LogP) is 3.62. The summed E-state index contributed by atoms with van der Waals surface area (Å²) in [7, 11) is -2.49. The first-order valence-electron chi connectivity index (χ1n) is 12.1. The zero-order valence-corrected chi connectivity index (χ0v) is 21.4. The lowest BCUT2D eigenvalue weighted by Gasteiger charge is -2.26. The topological polar surface area (TPSA) is 111 Å². The van der Waals surface area contributed by atoms with Gasteiger partial charge in [-0.05, 0) is 68.1 Å². The molecule has 1 aliphatic heterocycles. The Morgan fingerprint density at radius 3 is 2.57 bits per heavy atom. The molecule has 10 heteroatoms. The average Bonchev–Trinajstić information content (AvgIpc) is 3.11. The summed E-state index contributed by atoms with van der Waals surface area (Å²) in [5.41, 5.74) is 0.791. The van der Waals surface area contributed by atoms with Crippen LogP contribution < -0.4 is 25.0 Å². The second kappa shape index (κ2) is 9.78. The summed E-state index contributed by atoms with van der Waals surface area (Å²) in [4.78, 5) is 28.6. The van der Waals surface area contributed by atoms with Gasteiger partial charge < -0.3 is 14.5 Å². The van der Waals surface area contributed by atoms with E-state index in [2.05, 4.69) is 4.98 Å². The number of ether oxygens (including phenoxy) is 2. The summed E-state index contributed by atoms with van der Waals surface area (Å²) in [6.07, 6.45) is 2.19. The van der Waals surface area contributed by atoms with E-state index in [4.69, 9.17) is 9.47 Å². The summed E-state index contributed by atoms with van der Waals surface area (Å²) in [6, 6.07) is 16.1. The van der Waals surface area contributed by atoms with Crippen molar-refractivity contribution in [3.63, 3.8) is 0 Å². The SMILES string of the molecule is CCOc1cc2c(cc1OC)CCCCN2S(=O)(=O)c1cccc(-n2c(=O)[nH]c3ccccc3c2=O)c1. The van der Waals surface area contributed by atoms with E-state index in [-0.39, 0.29) is 17.1 Å². The third-order valence-electron chi connectivity index (χ3n) is 6.46. The fraction of sp³-hybridized carbons (Fsp3) is 0.259. The Hall–Kier alpha value is -4.05. The Morgan fingerprint density at radius 2 is 1.78 bits per heavy atom. The predicted molar refractivity (Wildman–Crippen MR) is 142 cm³/mol. The number of H-pyrrole nitrogens is 1. The Balaban J connectivity index is 1.64. The standard InChI is InChI=1S/C27H27N3O6S/c1-3-36-25-17-23-18(15-24(25)35-2)9-6-7-14-29(23)37(33,34)20-11-8-10-19(16-20)30-26(31)21-12-4-5-13-22(21)28-27(30)32/h4-5,8,10-13,15-17H,3,6-7,9,14H2,1-2H3,(H,28,32). The molecule has 3 aromatic carbocycles. The summed E-state index contributed by atoms with van der Waals surface area (Å²) in [5.74, 6) is 1.02. The van der Waals surface area contributed by atoms with Gasteiger partial charge in [-0.3, -0.25) is 9.10 Å².